The summed E-state index contributed by atoms with van der Waals surface area (Å²) in [6, 6.07) is 17.8. The molecule has 0 radical (unpaired) electrons. The molecule has 0 aliphatic carbocycles. The van der Waals surface area contributed by atoms with Crippen LogP contribution in [0, 0.1) is 12.0 Å². The molecular weight excluding hydrogens is 664 g/mol. The van der Waals surface area contributed by atoms with Crippen molar-refractivity contribution in [3.8, 4) is 11.5 Å². The number of nitrogens with zero attached hydrogens (tertiary/aromatic N) is 4. The number of hydrogen-bond donors (Lipinski definition) is 1. The maximum absolute atomic E-state index is 13.7. The summed E-state index contributed by atoms with van der Waals surface area (Å²) in [5.74, 6) is 1.27. The topological polar surface area (TPSA) is 90.5 Å². The smallest absolute Gasteiger partial charge is 0.407 e. The van der Waals surface area contributed by atoms with E-state index in [1.807, 2.05) is 24.3 Å². The molecule has 3 aromatic carbocycles. The second kappa shape index (κ2) is 14.9. The molecule has 4 rings (SSSR count). The Morgan fingerprint density at radius 1 is 0.917 bits per heavy atom. The van der Waals surface area contributed by atoms with Gasteiger partial charge in [0.15, 0.2) is 10.8 Å². The molecule has 14 heteroatoms. The Labute approximate surface area is 285 Å². The van der Waals surface area contributed by atoms with Crippen LogP contribution in [0.4, 0.5) is 24.5 Å². The van der Waals surface area contributed by atoms with Gasteiger partial charge in [-0.05, 0) is 86.4 Å². The predicted molar refractivity (Wildman–Crippen MR) is 184 cm³/mol. The summed E-state index contributed by atoms with van der Waals surface area (Å²) in [6.07, 6.45) is -3.28. The van der Waals surface area contributed by atoms with Crippen molar-refractivity contribution in [2.75, 3.05) is 31.4 Å². The monoisotopic (exact) mass is 701 g/mol. The first-order chi connectivity index (χ1) is 22.6. The van der Waals surface area contributed by atoms with Crippen LogP contribution in [0.5, 0.6) is 11.5 Å². The van der Waals surface area contributed by atoms with Crippen LogP contribution in [0.3, 0.4) is 0 Å². The van der Waals surface area contributed by atoms with Crippen molar-refractivity contribution in [1.82, 2.24) is 9.21 Å². The van der Waals surface area contributed by atoms with Crippen LogP contribution < -0.4 is 14.4 Å². The number of amidine groups is 1. The summed E-state index contributed by atoms with van der Waals surface area (Å²) in [4.78, 5) is 6.05. The van der Waals surface area contributed by atoms with Gasteiger partial charge in [0.25, 0.3) is 0 Å². The molecule has 0 bridgehead atoms. The van der Waals surface area contributed by atoms with Crippen molar-refractivity contribution in [3.05, 3.63) is 94.8 Å². The summed E-state index contributed by atoms with van der Waals surface area (Å²) in [5, 5.41) is 8.94. The average Bonchev–Trinajstić information content (AvgIpc) is 3.22. The Morgan fingerprint density at radius 3 is 1.94 bits per heavy atom. The van der Waals surface area contributed by atoms with E-state index in [0.717, 1.165) is 23.3 Å². The number of sulfonamides is 1. The van der Waals surface area contributed by atoms with Gasteiger partial charge in [-0.2, -0.15) is 17.5 Å². The number of nitrogens with one attached hydrogen (secondary N) is 1. The second-order valence-corrected chi connectivity index (χ2v) is 14.3. The minimum absolute atomic E-state index is 0.00599. The van der Waals surface area contributed by atoms with E-state index < -0.39 is 33.0 Å². The van der Waals surface area contributed by atoms with Gasteiger partial charge in [-0.15, -0.1) is 0 Å². The zero-order valence-corrected chi connectivity index (χ0v) is 28.8. The summed E-state index contributed by atoms with van der Waals surface area (Å²) in [7, 11) is -0.549. The largest absolute Gasteiger partial charge is 0.497 e. The van der Waals surface area contributed by atoms with Crippen molar-refractivity contribution in [3.63, 3.8) is 0 Å². The summed E-state index contributed by atoms with van der Waals surface area (Å²) in [5.41, 5.74) is -0.851. The van der Waals surface area contributed by atoms with Crippen molar-refractivity contribution < 1.29 is 31.1 Å². The maximum Gasteiger partial charge on any atom is 0.407 e. The van der Waals surface area contributed by atoms with Crippen molar-refractivity contribution in [1.29, 1.82) is 5.41 Å². The third kappa shape index (κ3) is 8.26. The molecular formula is C34H38F3N5O4S2. The summed E-state index contributed by atoms with van der Waals surface area (Å²) in [6.45, 7) is 11.4. The fourth-order valence-electron chi connectivity index (χ4n) is 5.44. The molecule has 1 saturated heterocycles. The molecule has 48 heavy (non-hydrogen) atoms. The first kappa shape index (κ1) is 36.6. The quantitative estimate of drug-likeness (QED) is 0.105. The molecule has 1 aliphatic rings. The lowest BCUT2D eigenvalue weighted by Crippen LogP contribution is -2.44. The van der Waals surface area contributed by atoms with E-state index in [-0.39, 0.29) is 35.5 Å². The van der Waals surface area contributed by atoms with Crippen LogP contribution in [0.1, 0.15) is 49.8 Å². The lowest BCUT2D eigenvalue weighted by atomic mass is 10.0. The number of benzene rings is 3. The molecule has 0 unspecified atom stereocenters. The van der Waals surface area contributed by atoms with E-state index in [2.05, 4.69) is 4.85 Å². The molecule has 1 fully saturated rings. The van der Waals surface area contributed by atoms with Gasteiger partial charge in [-0.3, -0.25) is 10.3 Å². The van der Waals surface area contributed by atoms with Crippen LogP contribution >= 0.6 is 12.2 Å². The molecule has 1 heterocycles. The van der Waals surface area contributed by atoms with E-state index >= 15 is 0 Å². The van der Waals surface area contributed by atoms with Crippen LogP contribution in [-0.4, -0.2) is 60.6 Å². The fraction of sp³-hybridized carbons (Fsp3) is 0.382. The standard InChI is InChI=1S/C34H38F3N5O4S2/c1-33(2)31(38)42(26-13-18-30(39-3)29(21-26)34(35,36)37)32(47)41(33)19-7-6-8-20-48(43,44)40(22-24-9-14-27(45-4)15-10-24)23-25-11-16-28(46-5)17-12-25/h9-18,21,38H,6-8,19-20,22-23H2,1-2,4-5H3. The maximum atomic E-state index is 13.7. The molecule has 0 aromatic heterocycles. The van der Waals surface area contributed by atoms with E-state index in [0.29, 0.717) is 37.3 Å². The Balaban J connectivity index is 1.42. The number of thiocarbonyl (C=S) groups is 1. The molecule has 9 nitrogen and oxygen atoms in total. The number of rotatable bonds is 14. The Morgan fingerprint density at radius 2 is 1.46 bits per heavy atom. The van der Waals surface area contributed by atoms with Crippen molar-refractivity contribution >= 4 is 44.6 Å². The molecule has 0 amide bonds. The minimum Gasteiger partial charge on any atom is -0.497 e. The highest BCUT2D eigenvalue weighted by atomic mass is 32.2. The van der Waals surface area contributed by atoms with Crippen LogP contribution in [0.25, 0.3) is 4.85 Å². The highest BCUT2D eigenvalue weighted by molar-refractivity contribution is 7.89. The van der Waals surface area contributed by atoms with Gasteiger partial charge in [0.05, 0.1) is 37.6 Å². The number of hydrogen-bond acceptors (Lipinski definition) is 6. The first-order valence-electron chi connectivity index (χ1n) is 15.2. The van der Waals surface area contributed by atoms with Gasteiger partial charge in [0, 0.05) is 25.3 Å². The number of alkyl halides is 3. The normalized spacial score (nSPS) is 14.8. The van der Waals surface area contributed by atoms with Crippen molar-refractivity contribution in [2.24, 2.45) is 0 Å². The van der Waals surface area contributed by atoms with Crippen molar-refractivity contribution in [2.45, 2.75) is 57.9 Å². The second-order valence-electron chi connectivity index (χ2n) is 11.8. The Hall–Kier alpha value is -4.19. The molecule has 1 N–H and O–H groups in total. The lowest BCUT2D eigenvalue weighted by Gasteiger charge is -2.30. The first-order valence-corrected chi connectivity index (χ1v) is 17.2. The zero-order chi connectivity index (χ0) is 35.3. The van der Waals surface area contributed by atoms with Gasteiger partial charge < -0.3 is 14.4 Å². The zero-order valence-electron chi connectivity index (χ0n) is 27.2. The van der Waals surface area contributed by atoms with E-state index in [9.17, 15) is 21.6 Å². The number of anilines is 1. The average molecular weight is 702 g/mol. The fourth-order valence-corrected chi connectivity index (χ4v) is 7.48. The number of ether oxygens (including phenoxy) is 2. The summed E-state index contributed by atoms with van der Waals surface area (Å²) >= 11 is 5.65. The Bertz CT molecular complexity index is 1720. The van der Waals surface area contributed by atoms with Gasteiger partial charge >= 0.3 is 6.18 Å². The third-order valence-electron chi connectivity index (χ3n) is 8.28. The lowest BCUT2D eigenvalue weighted by molar-refractivity contribution is -0.136. The van der Waals surface area contributed by atoms with Gasteiger partial charge in [0.1, 0.15) is 17.3 Å². The van der Waals surface area contributed by atoms with Crippen LogP contribution in [-0.2, 0) is 29.3 Å². The van der Waals surface area contributed by atoms with Crippen LogP contribution in [0.15, 0.2) is 66.7 Å². The molecule has 3 aromatic rings. The SMILES string of the molecule is [C-]#[N+]c1ccc(N2C(=N)C(C)(C)N(CCCCCS(=O)(=O)N(Cc3ccc(OC)cc3)Cc3ccc(OC)cc3)C2=S)cc1C(F)(F)F. The molecule has 0 saturated carbocycles. The third-order valence-corrected chi connectivity index (χ3v) is 10.5. The molecule has 0 spiro atoms. The van der Waals surface area contributed by atoms with Gasteiger partial charge in [-0.1, -0.05) is 36.8 Å². The Kier molecular flexibility index (Phi) is 11.4. The highest BCUT2D eigenvalue weighted by Crippen LogP contribution is 2.41. The minimum atomic E-state index is -4.74. The van der Waals surface area contributed by atoms with Crippen LogP contribution in [0.2, 0.25) is 0 Å². The van der Waals surface area contributed by atoms with Gasteiger partial charge in [0.2, 0.25) is 10.0 Å². The number of halogens is 3. The van der Waals surface area contributed by atoms with E-state index in [4.69, 9.17) is 33.7 Å². The molecule has 1 aliphatic heterocycles. The van der Waals surface area contributed by atoms with E-state index in [1.165, 1.54) is 15.3 Å². The highest BCUT2D eigenvalue weighted by Gasteiger charge is 2.46. The molecule has 256 valence electrons. The predicted octanol–water partition coefficient (Wildman–Crippen LogP) is 7.64. The van der Waals surface area contributed by atoms with E-state index in [1.54, 1.807) is 57.2 Å². The van der Waals surface area contributed by atoms with Gasteiger partial charge in [-0.25, -0.2) is 13.3 Å². The number of methoxy groups -OCH3 is 2. The number of unbranched alkanes of at least 4 members (excludes halogenated alkanes) is 2. The summed E-state index contributed by atoms with van der Waals surface area (Å²) < 4.78 is 80.2. The molecule has 0 atom stereocenters.